The van der Waals surface area contributed by atoms with Crippen LogP contribution in [0.25, 0.3) is 0 Å². The van der Waals surface area contributed by atoms with Crippen molar-refractivity contribution in [2.24, 2.45) is 5.92 Å². The first-order chi connectivity index (χ1) is 12.0. The highest BCUT2D eigenvalue weighted by Crippen LogP contribution is 2.41. The van der Waals surface area contributed by atoms with Gasteiger partial charge in [0.05, 0.1) is 5.56 Å². The molecule has 0 unspecified atom stereocenters. The summed E-state index contributed by atoms with van der Waals surface area (Å²) >= 11 is 0. The molecular weight excluding hydrogens is 308 g/mol. The molecule has 25 heavy (non-hydrogen) atoms. The van der Waals surface area contributed by atoms with E-state index in [0.29, 0.717) is 17.8 Å². The van der Waals surface area contributed by atoms with E-state index >= 15 is 0 Å². The third-order valence-electron chi connectivity index (χ3n) is 5.66. The fraction of sp³-hybridized carbons (Fsp3) is 0.409. The fourth-order valence-corrected chi connectivity index (χ4v) is 3.91. The molecule has 0 aliphatic heterocycles. The molecule has 0 atom stereocenters. The quantitative estimate of drug-likeness (QED) is 0.810. The van der Waals surface area contributed by atoms with E-state index in [0.717, 1.165) is 24.3 Å². The van der Waals surface area contributed by atoms with E-state index < -0.39 is 0 Å². The van der Waals surface area contributed by atoms with E-state index in [-0.39, 0.29) is 11.3 Å². The number of anilines is 1. The lowest BCUT2D eigenvalue weighted by molar-refractivity contribution is 0.0934. The van der Waals surface area contributed by atoms with Crippen molar-refractivity contribution in [1.82, 2.24) is 5.32 Å². The fourth-order valence-electron chi connectivity index (χ4n) is 3.91. The van der Waals surface area contributed by atoms with Crippen LogP contribution in [-0.4, -0.2) is 12.5 Å². The molecule has 2 aromatic carbocycles. The third-order valence-corrected chi connectivity index (χ3v) is 5.66. The van der Waals surface area contributed by atoms with Crippen LogP contribution in [0.5, 0.6) is 0 Å². The van der Waals surface area contributed by atoms with Crippen LogP contribution in [0.3, 0.4) is 0 Å². The molecule has 0 heterocycles. The molecule has 1 saturated carbocycles. The van der Waals surface area contributed by atoms with Crippen molar-refractivity contribution in [1.29, 1.82) is 0 Å². The van der Waals surface area contributed by atoms with Gasteiger partial charge in [-0.2, -0.15) is 0 Å². The molecule has 0 saturated heterocycles. The second-order valence-electron chi connectivity index (χ2n) is 7.60. The van der Waals surface area contributed by atoms with Gasteiger partial charge in [-0.15, -0.1) is 0 Å². The Morgan fingerprint density at radius 1 is 1.16 bits per heavy atom. The first kappa shape index (κ1) is 17.5. The molecule has 3 N–H and O–H groups in total. The van der Waals surface area contributed by atoms with Crippen LogP contribution in [0.1, 0.15) is 54.1 Å². The van der Waals surface area contributed by atoms with Gasteiger partial charge in [-0.25, -0.2) is 0 Å². The maximum absolute atomic E-state index is 12.7. The minimum absolute atomic E-state index is 0.0306. The Morgan fingerprint density at radius 2 is 1.84 bits per heavy atom. The molecule has 1 aliphatic carbocycles. The Balaban J connectivity index is 1.78. The molecule has 0 spiro atoms. The van der Waals surface area contributed by atoms with Gasteiger partial charge >= 0.3 is 0 Å². The van der Waals surface area contributed by atoms with Crippen LogP contribution in [0.2, 0.25) is 0 Å². The largest absolute Gasteiger partial charge is 0.398 e. The van der Waals surface area contributed by atoms with Gasteiger partial charge in [0.2, 0.25) is 0 Å². The van der Waals surface area contributed by atoms with Crippen LogP contribution >= 0.6 is 0 Å². The number of carbonyl (C=O) groups excluding carboxylic acids is 1. The van der Waals surface area contributed by atoms with Gasteiger partial charge in [0, 0.05) is 17.6 Å². The monoisotopic (exact) mass is 336 g/mol. The van der Waals surface area contributed by atoms with Crippen molar-refractivity contribution in [2.75, 3.05) is 12.3 Å². The molecular formula is C22H28N2O. The summed E-state index contributed by atoms with van der Waals surface area (Å²) in [6.45, 7) is 4.96. The van der Waals surface area contributed by atoms with Crippen LogP contribution in [0.15, 0.2) is 48.5 Å². The van der Waals surface area contributed by atoms with Gasteiger partial charge < -0.3 is 11.1 Å². The van der Waals surface area contributed by atoms with Crippen LogP contribution in [0, 0.1) is 12.8 Å². The van der Waals surface area contributed by atoms with E-state index in [1.807, 2.05) is 31.2 Å². The number of carbonyl (C=O) groups is 1. The highest BCUT2D eigenvalue weighted by molar-refractivity contribution is 5.99. The SMILES string of the molecule is Cc1ccc(C(=O)NCC2(c3ccccc3)CCC(C)CC2)c(N)c1. The first-order valence-electron chi connectivity index (χ1n) is 9.20. The normalized spacial score (nSPS) is 23.2. The number of nitrogens with one attached hydrogen (secondary N) is 1. The lowest BCUT2D eigenvalue weighted by atomic mass is 9.67. The molecule has 3 rings (SSSR count). The third kappa shape index (κ3) is 3.87. The van der Waals surface area contributed by atoms with Crippen LogP contribution < -0.4 is 11.1 Å². The standard InChI is InChI=1S/C22H28N2O/c1-16-10-12-22(13-11-16,18-6-4-3-5-7-18)15-24-21(25)19-9-8-17(2)14-20(19)23/h3-9,14,16H,10-13,15,23H2,1-2H3,(H,24,25). The first-order valence-corrected chi connectivity index (χ1v) is 9.20. The van der Waals surface area contributed by atoms with Crippen molar-refractivity contribution in [3.63, 3.8) is 0 Å². The van der Waals surface area contributed by atoms with Gasteiger partial charge in [0.1, 0.15) is 0 Å². The van der Waals surface area contributed by atoms with Crippen molar-refractivity contribution >= 4 is 11.6 Å². The number of nitrogen functional groups attached to an aromatic ring is 1. The predicted octanol–water partition coefficient (Wildman–Crippen LogP) is 4.46. The zero-order chi connectivity index (χ0) is 17.9. The second kappa shape index (κ2) is 7.30. The second-order valence-corrected chi connectivity index (χ2v) is 7.60. The Bertz CT molecular complexity index is 731. The van der Waals surface area contributed by atoms with Crippen molar-refractivity contribution in [3.05, 3.63) is 65.2 Å². The molecule has 2 aromatic rings. The molecule has 1 amide bonds. The Kier molecular flexibility index (Phi) is 5.12. The molecule has 3 nitrogen and oxygen atoms in total. The summed E-state index contributed by atoms with van der Waals surface area (Å²) in [6, 6.07) is 16.2. The van der Waals surface area contributed by atoms with E-state index in [1.165, 1.54) is 18.4 Å². The van der Waals surface area contributed by atoms with Crippen LogP contribution in [-0.2, 0) is 5.41 Å². The average Bonchev–Trinajstić information content (AvgIpc) is 2.62. The Morgan fingerprint density at radius 3 is 2.48 bits per heavy atom. The number of amides is 1. The minimum atomic E-state index is -0.0774. The summed E-state index contributed by atoms with van der Waals surface area (Å²) in [4.78, 5) is 12.7. The molecule has 132 valence electrons. The lowest BCUT2D eigenvalue weighted by Gasteiger charge is -2.40. The summed E-state index contributed by atoms with van der Waals surface area (Å²) in [7, 11) is 0. The van der Waals surface area contributed by atoms with Crippen molar-refractivity contribution in [3.8, 4) is 0 Å². The molecule has 3 heteroatoms. The average molecular weight is 336 g/mol. The van der Waals surface area contributed by atoms with Gasteiger partial charge in [0.25, 0.3) is 5.91 Å². The van der Waals surface area contributed by atoms with E-state index in [2.05, 4.69) is 36.5 Å². The molecule has 0 radical (unpaired) electrons. The number of hydrogen-bond donors (Lipinski definition) is 2. The maximum Gasteiger partial charge on any atom is 0.253 e. The van der Waals surface area contributed by atoms with Crippen LogP contribution in [0.4, 0.5) is 5.69 Å². The van der Waals surface area contributed by atoms with E-state index in [1.54, 1.807) is 0 Å². The van der Waals surface area contributed by atoms with Gasteiger partial charge in [0.15, 0.2) is 0 Å². The number of aryl methyl sites for hydroxylation is 1. The number of benzene rings is 2. The summed E-state index contributed by atoms with van der Waals surface area (Å²) in [6.07, 6.45) is 4.64. The highest BCUT2D eigenvalue weighted by Gasteiger charge is 2.36. The molecule has 0 aromatic heterocycles. The smallest absolute Gasteiger partial charge is 0.253 e. The zero-order valence-corrected chi connectivity index (χ0v) is 15.2. The number of nitrogens with two attached hydrogens (primary N) is 1. The maximum atomic E-state index is 12.7. The Labute approximate surface area is 150 Å². The molecule has 1 fully saturated rings. The Hall–Kier alpha value is -2.29. The summed E-state index contributed by atoms with van der Waals surface area (Å²) in [5.74, 6) is 0.687. The van der Waals surface area contributed by atoms with E-state index in [4.69, 9.17) is 5.73 Å². The predicted molar refractivity (Wildman–Crippen MR) is 104 cm³/mol. The topological polar surface area (TPSA) is 55.1 Å². The van der Waals surface area contributed by atoms with Gasteiger partial charge in [-0.1, -0.05) is 43.3 Å². The number of hydrogen-bond acceptors (Lipinski definition) is 2. The van der Waals surface area contributed by atoms with Crippen molar-refractivity contribution < 1.29 is 4.79 Å². The summed E-state index contributed by atoms with van der Waals surface area (Å²) < 4.78 is 0. The van der Waals surface area contributed by atoms with Gasteiger partial charge in [-0.05, 0) is 61.8 Å². The van der Waals surface area contributed by atoms with E-state index in [9.17, 15) is 4.79 Å². The number of rotatable bonds is 4. The zero-order valence-electron chi connectivity index (χ0n) is 15.2. The highest BCUT2D eigenvalue weighted by atomic mass is 16.1. The summed E-state index contributed by atoms with van der Waals surface area (Å²) in [5.41, 5.74) is 9.57. The minimum Gasteiger partial charge on any atom is -0.398 e. The van der Waals surface area contributed by atoms with Gasteiger partial charge in [-0.3, -0.25) is 4.79 Å². The molecule has 0 bridgehead atoms. The molecule has 1 aliphatic rings. The lowest BCUT2D eigenvalue weighted by Crippen LogP contribution is -2.43. The summed E-state index contributed by atoms with van der Waals surface area (Å²) in [5, 5.41) is 3.16. The van der Waals surface area contributed by atoms with Crippen molar-refractivity contribution in [2.45, 2.75) is 44.9 Å².